The maximum absolute atomic E-state index is 12.5. The van der Waals surface area contributed by atoms with E-state index in [1.165, 1.54) is 25.9 Å². The number of benzene rings is 1. The molecule has 0 spiro atoms. The molecule has 0 aliphatic carbocycles. The Kier molecular flexibility index (Phi) is 5.96. The Morgan fingerprint density at radius 2 is 2.00 bits per heavy atom. The molecule has 24 heavy (non-hydrogen) atoms. The number of rotatable bonds is 6. The van der Waals surface area contributed by atoms with Gasteiger partial charge in [0.1, 0.15) is 5.75 Å². The number of amides is 2. The highest BCUT2D eigenvalue weighted by molar-refractivity contribution is 5.74. The minimum Gasteiger partial charge on any atom is -0.496 e. The molecule has 2 aliphatic heterocycles. The van der Waals surface area contributed by atoms with Crippen molar-refractivity contribution in [2.45, 2.75) is 38.1 Å². The van der Waals surface area contributed by atoms with Crippen LogP contribution in [0.5, 0.6) is 5.75 Å². The first-order valence-electron chi connectivity index (χ1n) is 9.16. The number of ether oxygens (including phenoxy) is 1. The molecule has 1 aromatic rings. The summed E-state index contributed by atoms with van der Waals surface area (Å²) >= 11 is 0. The number of para-hydroxylation sites is 1. The van der Waals surface area contributed by atoms with Crippen molar-refractivity contribution in [3.05, 3.63) is 29.8 Å². The Balaban J connectivity index is 1.47. The van der Waals surface area contributed by atoms with Crippen molar-refractivity contribution in [2.75, 3.05) is 39.8 Å². The van der Waals surface area contributed by atoms with E-state index in [1.54, 1.807) is 7.11 Å². The van der Waals surface area contributed by atoms with Gasteiger partial charge in [0, 0.05) is 25.7 Å². The average molecular weight is 331 g/mol. The summed E-state index contributed by atoms with van der Waals surface area (Å²) in [4.78, 5) is 17.1. The Hall–Kier alpha value is -1.75. The van der Waals surface area contributed by atoms with Crippen LogP contribution >= 0.6 is 0 Å². The van der Waals surface area contributed by atoms with Gasteiger partial charge in [0.05, 0.1) is 7.11 Å². The minimum atomic E-state index is 0.0894. The number of methoxy groups -OCH3 is 1. The quantitative estimate of drug-likeness (QED) is 0.871. The van der Waals surface area contributed by atoms with Crippen LogP contribution in [0.25, 0.3) is 0 Å². The molecule has 1 atom stereocenters. The molecular weight excluding hydrogens is 302 g/mol. The van der Waals surface area contributed by atoms with Crippen molar-refractivity contribution in [3.8, 4) is 5.75 Å². The fourth-order valence-electron chi connectivity index (χ4n) is 3.87. The average Bonchev–Trinajstić information content (AvgIpc) is 3.27. The molecule has 1 N–H and O–H groups in total. The van der Waals surface area contributed by atoms with Gasteiger partial charge in [0.15, 0.2) is 0 Å². The maximum atomic E-state index is 12.5. The lowest BCUT2D eigenvalue weighted by Gasteiger charge is -2.28. The van der Waals surface area contributed by atoms with Crippen molar-refractivity contribution in [1.82, 2.24) is 15.1 Å². The summed E-state index contributed by atoms with van der Waals surface area (Å²) in [5.41, 5.74) is 1.13. The monoisotopic (exact) mass is 331 g/mol. The first kappa shape index (κ1) is 17.1. The molecule has 2 aliphatic rings. The summed E-state index contributed by atoms with van der Waals surface area (Å²) in [5.74, 6) is 0.889. The van der Waals surface area contributed by atoms with Crippen LogP contribution in [0.3, 0.4) is 0 Å². The second-order valence-corrected chi connectivity index (χ2v) is 6.79. The maximum Gasteiger partial charge on any atom is 0.317 e. The van der Waals surface area contributed by atoms with E-state index in [-0.39, 0.29) is 6.03 Å². The zero-order chi connectivity index (χ0) is 16.8. The number of urea groups is 1. The lowest BCUT2D eigenvalue weighted by Crippen LogP contribution is -2.47. The van der Waals surface area contributed by atoms with Gasteiger partial charge < -0.3 is 19.9 Å². The molecule has 0 unspecified atom stereocenters. The SMILES string of the molecule is COc1ccccc1CCNC(=O)N1CCC[C@@H]1CN1CCCC1. The fraction of sp³-hybridized carbons (Fsp3) is 0.632. The van der Waals surface area contributed by atoms with Gasteiger partial charge in [-0.25, -0.2) is 4.79 Å². The number of hydrogen-bond donors (Lipinski definition) is 1. The number of hydrogen-bond acceptors (Lipinski definition) is 3. The van der Waals surface area contributed by atoms with Crippen molar-refractivity contribution in [3.63, 3.8) is 0 Å². The van der Waals surface area contributed by atoms with E-state index >= 15 is 0 Å². The first-order valence-corrected chi connectivity index (χ1v) is 9.16. The van der Waals surface area contributed by atoms with Crippen LogP contribution in [0, 0.1) is 0 Å². The normalized spacial score (nSPS) is 21.2. The molecule has 2 amide bonds. The van der Waals surface area contributed by atoms with Gasteiger partial charge in [-0.05, 0) is 56.8 Å². The van der Waals surface area contributed by atoms with E-state index in [0.29, 0.717) is 12.6 Å². The van der Waals surface area contributed by atoms with Crippen LogP contribution < -0.4 is 10.1 Å². The predicted molar refractivity (Wildman–Crippen MR) is 95.5 cm³/mol. The molecular formula is C19H29N3O2. The van der Waals surface area contributed by atoms with Gasteiger partial charge in [0.2, 0.25) is 0 Å². The van der Waals surface area contributed by atoms with Crippen LogP contribution in [-0.2, 0) is 6.42 Å². The molecule has 0 bridgehead atoms. The standard InChI is InChI=1S/C19H29N3O2/c1-24-18-9-3-2-7-16(18)10-11-20-19(23)22-14-6-8-17(22)15-21-12-4-5-13-21/h2-3,7,9,17H,4-6,8,10-15H2,1H3,(H,20,23)/t17-/m1/s1. The molecule has 132 valence electrons. The Morgan fingerprint density at radius 3 is 2.79 bits per heavy atom. The van der Waals surface area contributed by atoms with Crippen molar-refractivity contribution in [1.29, 1.82) is 0 Å². The molecule has 5 heteroatoms. The van der Waals surface area contributed by atoms with E-state index in [0.717, 1.165) is 43.7 Å². The molecule has 3 rings (SSSR count). The number of likely N-dealkylation sites (tertiary alicyclic amines) is 2. The third-order valence-electron chi connectivity index (χ3n) is 5.17. The van der Waals surface area contributed by atoms with E-state index in [4.69, 9.17) is 4.74 Å². The fourth-order valence-corrected chi connectivity index (χ4v) is 3.87. The third-order valence-corrected chi connectivity index (χ3v) is 5.17. The zero-order valence-electron chi connectivity index (χ0n) is 14.7. The summed E-state index contributed by atoms with van der Waals surface area (Å²) in [6, 6.07) is 8.46. The predicted octanol–water partition coefficient (Wildman–Crippen LogP) is 2.51. The van der Waals surface area contributed by atoms with Gasteiger partial charge in [0.25, 0.3) is 0 Å². The van der Waals surface area contributed by atoms with Gasteiger partial charge in [-0.1, -0.05) is 18.2 Å². The Morgan fingerprint density at radius 1 is 1.21 bits per heavy atom. The molecule has 2 fully saturated rings. The van der Waals surface area contributed by atoms with Crippen molar-refractivity contribution in [2.24, 2.45) is 0 Å². The van der Waals surface area contributed by atoms with Crippen LogP contribution in [0.15, 0.2) is 24.3 Å². The number of carbonyl (C=O) groups excluding carboxylic acids is 1. The molecule has 1 aromatic carbocycles. The van der Waals surface area contributed by atoms with E-state index in [1.807, 2.05) is 23.1 Å². The lowest BCUT2D eigenvalue weighted by molar-refractivity contribution is 0.175. The van der Waals surface area contributed by atoms with Crippen LogP contribution in [0.1, 0.15) is 31.2 Å². The number of carbonyl (C=O) groups is 1. The number of nitrogens with zero attached hydrogens (tertiary/aromatic N) is 2. The van der Waals surface area contributed by atoms with E-state index < -0.39 is 0 Å². The van der Waals surface area contributed by atoms with Gasteiger partial charge >= 0.3 is 6.03 Å². The molecule has 0 saturated carbocycles. The van der Waals surface area contributed by atoms with E-state index in [2.05, 4.69) is 16.3 Å². The molecule has 2 saturated heterocycles. The van der Waals surface area contributed by atoms with Gasteiger partial charge in [-0.3, -0.25) is 0 Å². The van der Waals surface area contributed by atoms with E-state index in [9.17, 15) is 4.79 Å². The molecule has 5 nitrogen and oxygen atoms in total. The zero-order valence-corrected chi connectivity index (χ0v) is 14.7. The van der Waals surface area contributed by atoms with Crippen molar-refractivity contribution < 1.29 is 9.53 Å². The largest absolute Gasteiger partial charge is 0.496 e. The highest BCUT2D eigenvalue weighted by atomic mass is 16.5. The summed E-state index contributed by atoms with van der Waals surface area (Å²) in [5, 5.41) is 3.09. The molecule has 2 heterocycles. The van der Waals surface area contributed by atoms with Gasteiger partial charge in [-0.15, -0.1) is 0 Å². The summed E-state index contributed by atoms with van der Waals surface area (Å²) < 4.78 is 5.37. The highest BCUT2D eigenvalue weighted by Crippen LogP contribution is 2.21. The molecule has 0 aromatic heterocycles. The second-order valence-electron chi connectivity index (χ2n) is 6.79. The first-order chi connectivity index (χ1) is 11.8. The topological polar surface area (TPSA) is 44.8 Å². The van der Waals surface area contributed by atoms with Crippen molar-refractivity contribution >= 4 is 6.03 Å². The van der Waals surface area contributed by atoms with Crippen LogP contribution in [-0.4, -0.2) is 61.7 Å². The Bertz CT molecular complexity index is 543. The van der Waals surface area contributed by atoms with Crippen LogP contribution in [0.2, 0.25) is 0 Å². The summed E-state index contributed by atoms with van der Waals surface area (Å²) in [6.07, 6.45) is 5.66. The number of nitrogens with one attached hydrogen (secondary N) is 1. The second kappa shape index (κ2) is 8.38. The Labute approximate surface area is 145 Å². The highest BCUT2D eigenvalue weighted by Gasteiger charge is 2.30. The van der Waals surface area contributed by atoms with Crippen LogP contribution in [0.4, 0.5) is 4.79 Å². The van der Waals surface area contributed by atoms with Gasteiger partial charge in [-0.2, -0.15) is 0 Å². The third kappa shape index (κ3) is 4.20. The summed E-state index contributed by atoms with van der Waals surface area (Å²) in [7, 11) is 1.69. The molecule has 0 radical (unpaired) electrons. The summed E-state index contributed by atoms with van der Waals surface area (Å²) in [6.45, 7) is 4.96. The minimum absolute atomic E-state index is 0.0894. The smallest absolute Gasteiger partial charge is 0.317 e. The lowest BCUT2D eigenvalue weighted by atomic mass is 10.1.